The monoisotopic (exact) mass is 509 g/mol. The number of hydrogen-bond donors (Lipinski definition) is 1. The number of methoxy groups -OCH3 is 1. The summed E-state index contributed by atoms with van der Waals surface area (Å²) in [5, 5.41) is 11.5. The minimum absolute atomic E-state index is 0.0731. The molecule has 0 aliphatic carbocycles. The number of ether oxygens (including phenoxy) is 3. The molecule has 1 amide bonds. The fourth-order valence-corrected chi connectivity index (χ4v) is 4.50. The number of nitrogens with zero attached hydrogens (tertiary/aromatic N) is 1. The lowest BCUT2D eigenvalue weighted by molar-refractivity contribution is -0.140. The molecule has 1 N–H and O–H groups in total. The molecule has 2 aromatic rings. The lowest BCUT2D eigenvalue weighted by Gasteiger charge is -2.26. The van der Waals surface area contributed by atoms with Gasteiger partial charge in [-0.1, -0.05) is 32.9 Å². The molecule has 0 radical (unpaired) electrons. The topological polar surface area (TPSA) is 85.3 Å². The Hall–Kier alpha value is -3.32. The zero-order valence-electron chi connectivity index (χ0n) is 23.0. The molecule has 0 spiro atoms. The van der Waals surface area contributed by atoms with Gasteiger partial charge in [-0.2, -0.15) is 0 Å². The van der Waals surface area contributed by atoms with Gasteiger partial charge in [0.25, 0.3) is 11.7 Å². The Labute approximate surface area is 220 Å². The first-order valence-corrected chi connectivity index (χ1v) is 12.8. The first kappa shape index (κ1) is 28.3. The molecule has 1 aliphatic rings. The van der Waals surface area contributed by atoms with Crippen LogP contribution >= 0.6 is 0 Å². The summed E-state index contributed by atoms with van der Waals surface area (Å²) in [7, 11) is 1.58. The highest BCUT2D eigenvalue weighted by Gasteiger charge is 2.46. The predicted molar refractivity (Wildman–Crippen MR) is 144 cm³/mol. The predicted octanol–water partition coefficient (Wildman–Crippen LogP) is 5.63. The van der Waals surface area contributed by atoms with Crippen LogP contribution in [0.3, 0.4) is 0 Å². The molecule has 1 atom stereocenters. The number of carbonyl (C=O) groups excluding carboxylic acids is 2. The number of amides is 1. The van der Waals surface area contributed by atoms with Crippen molar-refractivity contribution in [3.8, 4) is 11.5 Å². The Bertz CT molecular complexity index is 1140. The number of ketones is 1. The van der Waals surface area contributed by atoms with Crippen LogP contribution in [0, 0.1) is 0 Å². The number of aliphatic hydroxyl groups excluding tert-OH is 1. The van der Waals surface area contributed by atoms with Gasteiger partial charge in [-0.05, 0) is 68.5 Å². The van der Waals surface area contributed by atoms with Gasteiger partial charge in [0.15, 0.2) is 0 Å². The molecule has 200 valence electrons. The van der Waals surface area contributed by atoms with E-state index in [0.29, 0.717) is 43.1 Å². The van der Waals surface area contributed by atoms with E-state index in [2.05, 4.69) is 20.8 Å². The van der Waals surface area contributed by atoms with E-state index in [4.69, 9.17) is 14.2 Å². The van der Waals surface area contributed by atoms with Crippen LogP contribution in [-0.4, -0.2) is 54.7 Å². The van der Waals surface area contributed by atoms with Crippen LogP contribution in [0.2, 0.25) is 0 Å². The molecule has 7 heteroatoms. The normalized spacial score (nSPS) is 17.5. The van der Waals surface area contributed by atoms with Gasteiger partial charge in [0.1, 0.15) is 17.3 Å². The van der Waals surface area contributed by atoms with Crippen LogP contribution in [0.5, 0.6) is 11.5 Å². The molecule has 1 unspecified atom stereocenters. The highest BCUT2D eigenvalue weighted by molar-refractivity contribution is 6.46. The summed E-state index contributed by atoms with van der Waals surface area (Å²) in [6, 6.07) is 11.9. The second-order valence-electron chi connectivity index (χ2n) is 10.4. The minimum Gasteiger partial charge on any atom is -0.507 e. The number of aliphatic hydroxyl groups is 1. The van der Waals surface area contributed by atoms with Gasteiger partial charge in [-0.25, -0.2) is 0 Å². The third kappa shape index (κ3) is 6.34. The molecule has 1 heterocycles. The molecule has 0 saturated carbocycles. The van der Waals surface area contributed by atoms with E-state index >= 15 is 0 Å². The van der Waals surface area contributed by atoms with Gasteiger partial charge in [-0.3, -0.25) is 9.59 Å². The molecule has 7 nitrogen and oxygen atoms in total. The van der Waals surface area contributed by atoms with Crippen molar-refractivity contribution in [2.45, 2.75) is 65.5 Å². The fraction of sp³-hybridized carbons (Fsp3) is 0.467. The van der Waals surface area contributed by atoms with Crippen molar-refractivity contribution in [3.63, 3.8) is 0 Å². The molecule has 1 aliphatic heterocycles. The molecular formula is C30H39NO6. The number of benzene rings is 2. The second-order valence-corrected chi connectivity index (χ2v) is 10.4. The van der Waals surface area contributed by atoms with Crippen LogP contribution < -0.4 is 9.47 Å². The Morgan fingerprint density at radius 1 is 1.08 bits per heavy atom. The molecule has 1 fully saturated rings. The molecular weight excluding hydrogens is 470 g/mol. The van der Waals surface area contributed by atoms with Gasteiger partial charge in [0.05, 0.1) is 31.4 Å². The molecule has 3 rings (SSSR count). The van der Waals surface area contributed by atoms with Crippen molar-refractivity contribution in [2.24, 2.45) is 0 Å². The van der Waals surface area contributed by atoms with Crippen molar-refractivity contribution in [1.29, 1.82) is 0 Å². The summed E-state index contributed by atoms with van der Waals surface area (Å²) in [5.74, 6) is -0.145. The largest absolute Gasteiger partial charge is 0.507 e. The summed E-state index contributed by atoms with van der Waals surface area (Å²) < 4.78 is 16.7. The summed E-state index contributed by atoms with van der Waals surface area (Å²) >= 11 is 0. The Balaban J connectivity index is 2.11. The standard InChI is InChI=1S/C30H39NO6/c1-8-36-24-15-12-21(18-23(24)30(4,5)6)27(32)25-26(20-10-13-22(35-7)14-11-20)31(29(34)28(25)33)16-9-17-37-19(2)3/h10-15,18-19,26,32H,8-9,16-17H2,1-7H3/b27-25-. The second kappa shape index (κ2) is 11.8. The summed E-state index contributed by atoms with van der Waals surface area (Å²) in [4.78, 5) is 28.1. The average Bonchev–Trinajstić information content (AvgIpc) is 3.10. The molecule has 2 aromatic carbocycles. The number of rotatable bonds is 10. The highest BCUT2D eigenvalue weighted by Crippen LogP contribution is 2.41. The zero-order chi connectivity index (χ0) is 27.3. The SMILES string of the molecule is CCOc1ccc(/C(O)=C2/C(=O)C(=O)N(CCCOC(C)C)C2c2ccc(OC)cc2)cc1C(C)(C)C. The maximum Gasteiger partial charge on any atom is 0.295 e. The van der Waals surface area contributed by atoms with E-state index in [0.717, 1.165) is 11.3 Å². The van der Waals surface area contributed by atoms with Crippen LogP contribution in [-0.2, 0) is 19.7 Å². The van der Waals surface area contributed by atoms with Gasteiger partial charge in [-0.15, -0.1) is 0 Å². The third-order valence-electron chi connectivity index (χ3n) is 6.33. The molecule has 0 bridgehead atoms. The molecule has 37 heavy (non-hydrogen) atoms. The number of hydrogen-bond acceptors (Lipinski definition) is 6. The van der Waals surface area contributed by atoms with Crippen molar-refractivity contribution < 1.29 is 28.9 Å². The van der Waals surface area contributed by atoms with E-state index in [-0.39, 0.29) is 22.9 Å². The average molecular weight is 510 g/mol. The quantitative estimate of drug-likeness (QED) is 0.193. The first-order valence-electron chi connectivity index (χ1n) is 12.8. The van der Waals surface area contributed by atoms with Crippen LogP contribution in [0.25, 0.3) is 5.76 Å². The fourth-order valence-electron chi connectivity index (χ4n) is 4.50. The van der Waals surface area contributed by atoms with E-state index in [1.165, 1.54) is 4.90 Å². The lowest BCUT2D eigenvalue weighted by atomic mass is 9.84. The molecule has 1 saturated heterocycles. The third-order valence-corrected chi connectivity index (χ3v) is 6.33. The van der Waals surface area contributed by atoms with Gasteiger partial charge in [0.2, 0.25) is 0 Å². The summed E-state index contributed by atoms with van der Waals surface area (Å²) in [6.07, 6.45) is 0.638. The van der Waals surface area contributed by atoms with E-state index in [1.807, 2.05) is 39.0 Å². The van der Waals surface area contributed by atoms with Crippen LogP contribution in [0.4, 0.5) is 0 Å². The van der Waals surface area contributed by atoms with Crippen molar-refractivity contribution >= 4 is 17.4 Å². The highest BCUT2D eigenvalue weighted by atomic mass is 16.5. The number of Topliss-reactive ketones (excluding diaryl/α,β-unsaturated/α-hetero) is 1. The van der Waals surface area contributed by atoms with Crippen molar-refractivity contribution in [3.05, 3.63) is 64.7 Å². The number of likely N-dealkylation sites (tertiary alicyclic amines) is 1. The van der Waals surface area contributed by atoms with Crippen molar-refractivity contribution in [2.75, 3.05) is 26.9 Å². The van der Waals surface area contributed by atoms with Crippen molar-refractivity contribution in [1.82, 2.24) is 4.90 Å². The van der Waals surface area contributed by atoms with Crippen LogP contribution in [0.15, 0.2) is 48.0 Å². The zero-order valence-corrected chi connectivity index (χ0v) is 23.0. The molecule has 0 aromatic heterocycles. The number of carbonyl (C=O) groups is 2. The van der Waals surface area contributed by atoms with Gasteiger partial charge >= 0.3 is 0 Å². The minimum atomic E-state index is -0.727. The maximum absolute atomic E-state index is 13.3. The van der Waals surface area contributed by atoms with Gasteiger partial charge in [0, 0.05) is 24.3 Å². The Morgan fingerprint density at radius 3 is 2.32 bits per heavy atom. The summed E-state index contributed by atoms with van der Waals surface area (Å²) in [6.45, 7) is 13.3. The summed E-state index contributed by atoms with van der Waals surface area (Å²) in [5.41, 5.74) is 1.89. The maximum atomic E-state index is 13.3. The van der Waals surface area contributed by atoms with Crippen LogP contribution in [0.1, 0.15) is 70.7 Å². The van der Waals surface area contributed by atoms with E-state index < -0.39 is 17.7 Å². The van der Waals surface area contributed by atoms with Gasteiger partial charge < -0.3 is 24.2 Å². The Morgan fingerprint density at radius 2 is 1.76 bits per heavy atom. The lowest BCUT2D eigenvalue weighted by Crippen LogP contribution is -2.31. The Kier molecular flexibility index (Phi) is 9.02. The van der Waals surface area contributed by atoms with E-state index in [9.17, 15) is 14.7 Å². The smallest absolute Gasteiger partial charge is 0.295 e. The van der Waals surface area contributed by atoms with E-state index in [1.54, 1.807) is 31.4 Å². The first-order chi connectivity index (χ1) is 17.5.